The van der Waals surface area contributed by atoms with Crippen molar-refractivity contribution >= 4 is 0 Å². The second kappa shape index (κ2) is 4.26. The van der Waals surface area contributed by atoms with Gasteiger partial charge in [0.2, 0.25) is 0 Å². The van der Waals surface area contributed by atoms with E-state index in [4.69, 9.17) is 0 Å². The third kappa shape index (κ3) is 2.24. The Balaban J connectivity index is 2.33. The molecule has 3 nitrogen and oxygen atoms in total. The van der Waals surface area contributed by atoms with Gasteiger partial charge >= 0.3 is 0 Å². The Morgan fingerprint density at radius 2 is 1.93 bits per heavy atom. The van der Waals surface area contributed by atoms with Crippen molar-refractivity contribution in [3.05, 3.63) is 36.7 Å². The Morgan fingerprint density at radius 1 is 1.20 bits per heavy atom. The number of nitrogens with zero attached hydrogens (tertiary/aromatic N) is 3. The average molecular weight is 201 g/mol. The molecule has 15 heavy (non-hydrogen) atoms. The van der Waals surface area contributed by atoms with Gasteiger partial charge < -0.3 is 0 Å². The fourth-order valence-electron chi connectivity index (χ4n) is 1.55. The minimum absolute atomic E-state index is 0.578. The summed E-state index contributed by atoms with van der Waals surface area (Å²) in [4.78, 5) is 4.29. The molecule has 3 heteroatoms. The van der Waals surface area contributed by atoms with Gasteiger partial charge in [-0.3, -0.25) is 0 Å². The molecule has 2 aromatic rings. The van der Waals surface area contributed by atoms with Crippen LogP contribution in [-0.2, 0) is 6.54 Å². The Morgan fingerprint density at radius 3 is 2.60 bits per heavy atom. The molecule has 0 amide bonds. The maximum absolute atomic E-state index is 4.29. The van der Waals surface area contributed by atoms with Crippen molar-refractivity contribution in [1.82, 2.24) is 14.8 Å². The van der Waals surface area contributed by atoms with Gasteiger partial charge in [0.05, 0.1) is 0 Å². The zero-order valence-electron chi connectivity index (χ0n) is 9.09. The van der Waals surface area contributed by atoms with E-state index in [0.717, 1.165) is 17.9 Å². The molecule has 0 N–H and O–H groups in total. The highest BCUT2D eigenvalue weighted by Gasteiger charge is 2.07. The summed E-state index contributed by atoms with van der Waals surface area (Å²) in [5, 5.41) is 4.24. The molecule has 1 aromatic carbocycles. The first-order valence-corrected chi connectivity index (χ1v) is 5.20. The zero-order chi connectivity index (χ0) is 10.7. The lowest BCUT2D eigenvalue weighted by Gasteiger charge is -2.08. The van der Waals surface area contributed by atoms with E-state index in [0.29, 0.717) is 5.92 Å². The molecule has 0 saturated carbocycles. The Hall–Kier alpha value is -1.64. The molecule has 0 saturated heterocycles. The maximum atomic E-state index is 4.29. The summed E-state index contributed by atoms with van der Waals surface area (Å²) >= 11 is 0. The Labute approximate surface area is 89.8 Å². The highest BCUT2D eigenvalue weighted by Crippen LogP contribution is 2.16. The lowest BCUT2D eigenvalue weighted by molar-refractivity contribution is 0.486. The standard InChI is InChI=1S/C12H15N3/c1-10(2)8-15-12(13-9-14-15)11-6-4-3-5-7-11/h3-7,9-10H,8H2,1-2H3. The molecule has 1 aromatic heterocycles. The summed E-state index contributed by atoms with van der Waals surface area (Å²) in [7, 11) is 0. The van der Waals surface area contributed by atoms with Crippen LogP contribution in [0, 0.1) is 5.92 Å². The fourth-order valence-corrected chi connectivity index (χ4v) is 1.55. The molecule has 0 bridgehead atoms. The summed E-state index contributed by atoms with van der Waals surface area (Å²) in [6.45, 7) is 5.26. The predicted octanol–water partition coefficient (Wildman–Crippen LogP) is 2.60. The Bertz CT molecular complexity index is 417. The first-order valence-electron chi connectivity index (χ1n) is 5.20. The first kappa shape index (κ1) is 9.90. The molecule has 0 aliphatic rings. The first-order chi connectivity index (χ1) is 7.27. The molecule has 0 atom stereocenters. The Kier molecular flexibility index (Phi) is 2.81. The van der Waals surface area contributed by atoms with Crippen LogP contribution in [0.3, 0.4) is 0 Å². The van der Waals surface area contributed by atoms with Crippen LogP contribution in [0.2, 0.25) is 0 Å². The summed E-state index contributed by atoms with van der Waals surface area (Å²) in [5.74, 6) is 1.53. The molecule has 0 fully saturated rings. The third-order valence-corrected chi connectivity index (χ3v) is 2.19. The molecule has 78 valence electrons. The molecule has 0 spiro atoms. The normalized spacial score (nSPS) is 10.9. The van der Waals surface area contributed by atoms with E-state index in [1.54, 1.807) is 6.33 Å². The molecule has 0 aliphatic carbocycles. The van der Waals surface area contributed by atoms with Gasteiger partial charge in [-0.15, -0.1) is 0 Å². The summed E-state index contributed by atoms with van der Waals surface area (Å²) in [6.07, 6.45) is 1.62. The number of benzene rings is 1. The monoisotopic (exact) mass is 201 g/mol. The second-order valence-electron chi connectivity index (χ2n) is 4.03. The fraction of sp³-hybridized carbons (Fsp3) is 0.333. The highest BCUT2D eigenvalue weighted by molar-refractivity contribution is 5.54. The second-order valence-corrected chi connectivity index (χ2v) is 4.03. The molecular formula is C12H15N3. The third-order valence-electron chi connectivity index (χ3n) is 2.19. The minimum atomic E-state index is 0.578. The van der Waals surface area contributed by atoms with Crippen molar-refractivity contribution in [2.75, 3.05) is 0 Å². The predicted molar refractivity (Wildman–Crippen MR) is 60.3 cm³/mol. The van der Waals surface area contributed by atoms with Crippen LogP contribution in [0.15, 0.2) is 36.7 Å². The molecule has 1 heterocycles. The smallest absolute Gasteiger partial charge is 0.158 e. The minimum Gasteiger partial charge on any atom is -0.246 e. The largest absolute Gasteiger partial charge is 0.246 e. The molecule has 0 aliphatic heterocycles. The van der Waals surface area contributed by atoms with Crippen LogP contribution in [0.25, 0.3) is 11.4 Å². The van der Waals surface area contributed by atoms with Crippen molar-refractivity contribution in [2.45, 2.75) is 20.4 Å². The van der Waals surface area contributed by atoms with E-state index in [-0.39, 0.29) is 0 Å². The summed E-state index contributed by atoms with van der Waals surface area (Å²) in [5.41, 5.74) is 1.12. The van der Waals surface area contributed by atoms with Crippen molar-refractivity contribution in [3.8, 4) is 11.4 Å². The SMILES string of the molecule is CC(C)Cn1ncnc1-c1ccccc1. The van der Waals surface area contributed by atoms with E-state index in [2.05, 4.69) is 36.1 Å². The van der Waals surface area contributed by atoms with Crippen LogP contribution < -0.4 is 0 Å². The lowest BCUT2D eigenvalue weighted by Crippen LogP contribution is -2.07. The van der Waals surface area contributed by atoms with Crippen molar-refractivity contribution in [3.63, 3.8) is 0 Å². The number of hydrogen-bond donors (Lipinski definition) is 0. The van der Waals surface area contributed by atoms with E-state index in [9.17, 15) is 0 Å². The van der Waals surface area contributed by atoms with Gasteiger partial charge in [0.1, 0.15) is 6.33 Å². The maximum Gasteiger partial charge on any atom is 0.158 e. The molecule has 0 unspecified atom stereocenters. The van der Waals surface area contributed by atoms with Crippen LogP contribution >= 0.6 is 0 Å². The van der Waals surface area contributed by atoms with Crippen molar-refractivity contribution < 1.29 is 0 Å². The molecular weight excluding hydrogens is 186 g/mol. The van der Waals surface area contributed by atoms with E-state index in [1.807, 2.05) is 22.9 Å². The van der Waals surface area contributed by atoms with Gasteiger partial charge in [-0.05, 0) is 5.92 Å². The van der Waals surface area contributed by atoms with Crippen LogP contribution in [0.1, 0.15) is 13.8 Å². The van der Waals surface area contributed by atoms with Crippen LogP contribution in [-0.4, -0.2) is 14.8 Å². The van der Waals surface area contributed by atoms with Crippen LogP contribution in [0.4, 0.5) is 0 Å². The van der Waals surface area contributed by atoms with Gasteiger partial charge in [0.25, 0.3) is 0 Å². The average Bonchev–Trinajstić information content (AvgIpc) is 2.66. The van der Waals surface area contributed by atoms with Gasteiger partial charge in [-0.2, -0.15) is 5.10 Å². The summed E-state index contributed by atoms with van der Waals surface area (Å²) < 4.78 is 1.96. The van der Waals surface area contributed by atoms with Crippen molar-refractivity contribution in [1.29, 1.82) is 0 Å². The topological polar surface area (TPSA) is 30.7 Å². The quantitative estimate of drug-likeness (QED) is 0.764. The van der Waals surface area contributed by atoms with Gasteiger partial charge in [-0.25, -0.2) is 9.67 Å². The number of aromatic nitrogens is 3. The molecule has 2 rings (SSSR count). The summed E-state index contributed by atoms with van der Waals surface area (Å²) in [6, 6.07) is 10.2. The number of hydrogen-bond acceptors (Lipinski definition) is 2. The van der Waals surface area contributed by atoms with Crippen LogP contribution in [0.5, 0.6) is 0 Å². The zero-order valence-corrected chi connectivity index (χ0v) is 9.09. The molecule has 0 radical (unpaired) electrons. The van der Waals surface area contributed by atoms with E-state index >= 15 is 0 Å². The van der Waals surface area contributed by atoms with E-state index < -0.39 is 0 Å². The number of rotatable bonds is 3. The highest BCUT2D eigenvalue weighted by atomic mass is 15.3. The van der Waals surface area contributed by atoms with Gasteiger partial charge in [0, 0.05) is 12.1 Å². The van der Waals surface area contributed by atoms with Crippen molar-refractivity contribution in [2.24, 2.45) is 5.92 Å². The van der Waals surface area contributed by atoms with E-state index in [1.165, 1.54) is 0 Å². The lowest BCUT2D eigenvalue weighted by atomic mass is 10.2. The van der Waals surface area contributed by atoms with Gasteiger partial charge in [-0.1, -0.05) is 44.2 Å². The van der Waals surface area contributed by atoms with Gasteiger partial charge in [0.15, 0.2) is 5.82 Å².